The van der Waals surface area contributed by atoms with Crippen molar-refractivity contribution in [1.82, 2.24) is 9.88 Å². The molecule has 1 heterocycles. The van der Waals surface area contributed by atoms with E-state index in [1.807, 2.05) is 32.0 Å². The lowest BCUT2D eigenvalue weighted by Crippen LogP contribution is -2.38. The Hall–Kier alpha value is -2.30. The summed E-state index contributed by atoms with van der Waals surface area (Å²) in [6.45, 7) is 3.99. The number of hydrogen-bond donors (Lipinski definition) is 2. The Balaban J connectivity index is 2.31. The zero-order valence-corrected chi connectivity index (χ0v) is 11.6. The molecule has 0 aliphatic rings. The van der Waals surface area contributed by atoms with Gasteiger partial charge in [0, 0.05) is 35.2 Å². The van der Waals surface area contributed by atoms with Crippen molar-refractivity contribution in [2.45, 2.75) is 26.3 Å². The first-order valence-corrected chi connectivity index (χ1v) is 6.59. The molecule has 0 saturated heterocycles. The summed E-state index contributed by atoms with van der Waals surface area (Å²) in [7, 11) is 0. The number of fused-ring (bicyclic) bond motifs is 1. The van der Waals surface area contributed by atoms with Crippen LogP contribution in [0, 0.1) is 0 Å². The molecular weight excluding hydrogens is 256 g/mol. The smallest absolute Gasteiger partial charge is 0.305 e. The highest BCUT2D eigenvalue weighted by Crippen LogP contribution is 2.20. The second kappa shape index (κ2) is 5.77. The lowest BCUT2D eigenvalue weighted by Gasteiger charge is -2.26. The minimum absolute atomic E-state index is 0.0453. The molecule has 0 fully saturated rings. The van der Waals surface area contributed by atoms with Gasteiger partial charge in [0.05, 0.1) is 6.42 Å². The Kier molecular flexibility index (Phi) is 4.08. The maximum atomic E-state index is 12.6. The van der Waals surface area contributed by atoms with E-state index < -0.39 is 5.97 Å². The molecule has 1 amide bonds. The zero-order valence-electron chi connectivity index (χ0n) is 11.6. The molecule has 0 saturated carbocycles. The zero-order chi connectivity index (χ0) is 14.7. The van der Waals surface area contributed by atoms with Gasteiger partial charge in [0.25, 0.3) is 5.91 Å². The van der Waals surface area contributed by atoms with Gasteiger partial charge in [0.15, 0.2) is 0 Å². The predicted octanol–water partition coefficient (Wildman–Crippen LogP) is 2.49. The van der Waals surface area contributed by atoms with Gasteiger partial charge in [0.1, 0.15) is 0 Å². The van der Waals surface area contributed by atoms with Crippen molar-refractivity contribution < 1.29 is 14.7 Å². The monoisotopic (exact) mass is 274 g/mol. The summed E-state index contributed by atoms with van der Waals surface area (Å²) in [6, 6.07) is 7.31. The number of hydrogen-bond acceptors (Lipinski definition) is 2. The lowest BCUT2D eigenvalue weighted by molar-refractivity contribution is -0.137. The number of carboxylic acid groups (broad SMARTS) is 1. The molecular formula is C15H18N2O3. The number of carbonyl (C=O) groups is 2. The molecule has 0 aliphatic heterocycles. The van der Waals surface area contributed by atoms with Gasteiger partial charge >= 0.3 is 5.97 Å². The van der Waals surface area contributed by atoms with Crippen molar-refractivity contribution in [2.75, 3.05) is 6.54 Å². The first kappa shape index (κ1) is 14.1. The first-order valence-electron chi connectivity index (χ1n) is 6.59. The second-order valence-corrected chi connectivity index (χ2v) is 4.98. The van der Waals surface area contributed by atoms with E-state index in [9.17, 15) is 9.59 Å². The van der Waals surface area contributed by atoms with Gasteiger partial charge in [-0.05, 0) is 32.0 Å². The number of H-pyrrole nitrogens is 1. The van der Waals surface area contributed by atoms with E-state index in [0.29, 0.717) is 5.56 Å². The summed E-state index contributed by atoms with van der Waals surface area (Å²) >= 11 is 0. The van der Waals surface area contributed by atoms with Crippen LogP contribution in [0.3, 0.4) is 0 Å². The molecule has 0 aliphatic carbocycles. The molecule has 106 valence electrons. The van der Waals surface area contributed by atoms with Crippen molar-refractivity contribution in [1.29, 1.82) is 0 Å². The molecule has 0 atom stereocenters. The lowest BCUT2D eigenvalue weighted by atomic mass is 10.1. The summed E-state index contributed by atoms with van der Waals surface area (Å²) in [6.07, 6.45) is 1.74. The van der Waals surface area contributed by atoms with E-state index in [-0.39, 0.29) is 24.9 Å². The third kappa shape index (κ3) is 2.82. The third-order valence-corrected chi connectivity index (χ3v) is 3.28. The number of nitrogens with one attached hydrogen (secondary N) is 1. The Bertz CT molecular complexity index is 631. The van der Waals surface area contributed by atoms with E-state index >= 15 is 0 Å². The number of aromatic nitrogens is 1. The van der Waals surface area contributed by atoms with Gasteiger partial charge in [0.2, 0.25) is 0 Å². The molecule has 0 unspecified atom stereocenters. The molecule has 5 heteroatoms. The van der Waals surface area contributed by atoms with E-state index in [1.165, 1.54) is 0 Å². The maximum absolute atomic E-state index is 12.6. The Morgan fingerprint density at radius 2 is 2.05 bits per heavy atom. The van der Waals surface area contributed by atoms with Crippen LogP contribution in [0.15, 0.2) is 30.5 Å². The Morgan fingerprint density at radius 3 is 2.70 bits per heavy atom. The number of rotatable bonds is 5. The largest absolute Gasteiger partial charge is 0.481 e. The summed E-state index contributed by atoms with van der Waals surface area (Å²) in [4.78, 5) is 28.0. The van der Waals surface area contributed by atoms with Gasteiger partial charge in [-0.15, -0.1) is 0 Å². The Labute approximate surface area is 117 Å². The van der Waals surface area contributed by atoms with E-state index in [1.54, 1.807) is 17.2 Å². The SMILES string of the molecule is CC(C)N(CCC(=O)O)C(=O)c1cccc2[nH]ccc12. The first-order chi connectivity index (χ1) is 9.50. The normalized spacial score (nSPS) is 10.9. The average Bonchev–Trinajstić information content (AvgIpc) is 2.85. The number of amides is 1. The summed E-state index contributed by atoms with van der Waals surface area (Å²) in [5, 5.41) is 9.65. The van der Waals surface area contributed by atoms with Crippen LogP contribution in [-0.2, 0) is 4.79 Å². The van der Waals surface area contributed by atoms with Crippen molar-refractivity contribution in [2.24, 2.45) is 0 Å². The Morgan fingerprint density at radius 1 is 1.30 bits per heavy atom. The maximum Gasteiger partial charge on any atom is 0.305 e. The predicted molar refractivity (Wildman–Crippen MR) is 76.7 cm³/mol. The fourth-order valence-corrected chi connectivity index (χ4v) is 2.24. The summed E-state index contributed by atoms with van der Waals surface area (Å²) < 4.78 is 0. The molecule has 2 rings (SSSR count). The van der Waals surface area contributed by atoms with Crippen molar-refractivity contribution in [3.05, 3.63) is 36.0 Å². The van der Waals surface area contributed by atoms with Crippen molar-refractivity contribution in [3.63, 3.8) is 0 Å². The van der Waals surface area contributed by atoms with Gasteiger partial charge in [-0.1, -0.05) is 6.07 Å². The number of aliphatic carboxylic acids is 1. The number of benzene rings is 1. The molecule has 5 nitrogen and oxygen atoms in total. The number of carbonyl (C=O) groups excluding carboxylic acids is 1. The van der Waals surface area contributed by atoms with Gasteiger partial charge in [-0.25, -0.2) is 0 Å². The van der Waals surface area contributed by atoms with Crippen molar-refractivity contribution >= 4 is 22.8 Å². The van der Waals surface area contributed by atoms with Crippen LogP contribution >= 0.6 is 0 Å². The molecule has 2 aromatic rings. The molecule has 1 aromatic heterocycles. The number of carboxylic acids is 1. The second-order valence-electron chi connectivity index (χ2n) is 4.98. The highest BCUT2D eigenvalue weighted by atomic mass is 16.4. The van der Waals surface area contributed by atoms with Gasteiger partial charge in [-0.3, -0.25) is 9.59 Å². The van der Waals surface area contributed by atoms with Crippen molar-refractivity contribution in [3.8, 4) is 0 Å². The fourth-order valence-electron chi connectivity index (χ4n) is 2.24. The van der Waals surface area contributed by atoms with Crippen LogP contribution in [0.4, 0.5) is 0 Å². The fraction of sp³-hybridized carbons (Fsp3) is 0.333. The van der Waals surface area contributed by atoms with Crippen LogP contribution in [0.2, 0.25) is 0 Å². The number of nitrogens with zero attached hydrogens (tertiary/aromatic N) is 1. The summed E-state index contributed by atoms with van der Waals surface area (Å²) in [5.74, 6) is -1.03. The molecule has 20 heavy (non-hydrogen) atoms. The molecule has 1 aromatic carbocycles. The number of aromatic amines is 1. The molecule has 0 radical (unpaired) electrons. The minimum Gasteiger partial charge on any atom is -0.481 e. The molecule has 0 bridgehead atoms. The van der Waals surface area contributed by atoms with Crippen LogP contribution in [0.5, 0.6) is 0 Å². The van der Waals surface area contributed by atoms with Gasteiger partial charge < -0.3 is 15.0 Å². The highest BCUT2D eigenvalue weighted by molar-refractivity contribution is 6.06. The summed E-state index contributed by atoms with van der Waals surface area (Å²) in [5.41, 5.74) is 1.50. The van der Waals surface area contributed by atoms with E-state index in [2.05, 4.69) is 4.98 Å². The highest BCUT2D eigenvalue weighted by Gasteiger charge is 2.21. The van der Waals surface area contributed by atoms with E-state index in [4.69, 9.17) is 5.11 Å². The van der Waals surface area contributed by atoms with Crippen LogP contribution in [0.1, 0.15) is 30.6 Å². The quantitative estimate of drug-likeness (QED) is 0.879. The average molecular weight is 274 g/mol. The standard InChI is InChI=1S/C15H18N2O3/c1-10(2)17(9-7-14(18)19)15(20)12-4-3-5-13-11(12)6-8-16-13/h3-6,8,10,16H,7,9H2,1-2H3,(H,18,19). The van der Waals surface area contributed by atoms with Gasteiger partial charge in [-0.2, -0.15) is 0 Å². The topological polar surface area (TPSA) is 73.4 Å². The molecule has 2 N–H and O–H groups in total. The van der Waals surface area contributed by atoms with Crippen LogP contribution < -0.4 is 0 Å². The minimum atomic E-state index is -0.900. The third-order valence-electron chi connectivity index (χ3n) is 3.28. The van der Waals surface area contributed by atoms with E-state index in [0.717, 1.165) is 10.9 Å². The molecule has 0 spiro atoms. The van der Waals surface area contributed by atoms with Crippen LogP contribution in [-0.4, -0.2) is 39.5 Å². The van der Waals surface area contributed by atoms with Crippen LogP contribution in [0.25, 0.3) is 10.9 Å².